The van der Waals surface area contributed by atoms with E-state index in [1.54, 1.807) is 18.2 Å². The molecule has 0 unspecified atom stereocenters. The molecule has 7 heteroatoms. The first-order chi connectivity index (χ1) is 10.5. The van der Waals surface area contributed by atoms with Crippen LogP contribution in [0.25, 0.3) is 6.08 Å². The van der Waals surface area contributed by atoms with Gasteiger partial charge in [-0.3, -0.25) is 9.69 Å². The molecular formula is C15H11NO4S2. The summed E-state index contributed by atoms with van der Waals surface area (Å²) in [6.07, 6.45) is 3.09. The average Bonchev–Trinajstić information content (AvgIpc) is 3.06. The van der Waals surface area contributed by atoms with Crippen LogP contribution in [-0.2, 0) is 11.3 Å². The Kier molecular flexibility index (Phi) is 3.91. The van der Waals surface area contributed by atoms with E-state index >= 15 is 0 Å². The maximum atomic E-state index is 12.4. The van der Waals surface area contributed by atoms with E-state index in [0.29, 0.717) is 20.5 Å². The highest BCUT2D eigenvalue weighted by Crippen LogP contribution is 2.35. The summed E-state index contributed by atoms with van der Waals surface area (Å²) in [6.45, 7) is 0.274. The second-order valence-electron chi connectivity index (χ2n) is 4.59. The monoisotopic (exact) mass is 333 g/mol. The lowest BCUT2D eigenvalue weighted by atomic mass is 10.1. The van der Waals surface area contributed by atoms with Gasteiger partial charge in [-0.1, -0.05) is 24.0 Å². The Balaban J connectivity index is 1.85. The van der Waals surface area contributed by atoms with Crippen LogP contribution in [0.1, 0.15) is 11.3 Å². The normalized spacial score (nSPS) is 16.7. The lowest BCUT2D eigenvalue weighted by Crippen LogP contribution is -2.27. The number of aromatic hydroxyl groups is 2. The molecule has 5 nitrogen and oxygen atoms in total. The molecule has 112 valence electrons. The number of amides is 1. The fourth-order valence-electron chi connectivity index (χ4n) is 1.99. The SMILES string of the molecule is O=C1/C(=C/c2ccc(O)cc2O)SC(=S)N1Cc1ccco1. The Morgan fingerprint density at radius 3 is 2.82 bits per heavy atom. The Bertz CT molecular complexity index is 768. The molecule has 1 aromatic heterocycles. The first-order valence-electron chi connectivity index (χ1n) is 6.34. The van der Waals surface area contributed by atoms with E-state index in [4.69, 9.17) is 16.6 Å². The minimum atomic E-state index is -0.237. The molecule has 2 heterocycles. The van der Waals surface area contributed by atoms with Gasteiger partial charge in [0.25, 0.3) is 5.91 Å². The van der Waals surface area contributed by atoms with Gasteiger partial charge in [-0.05, 0) is 30.3 Å². The molecule has 0 radical (unpaired) electrons. The van der Waals surface area contributed by atoms with Crippen molar-refractivity contribution < 1.29 is 19.4 Å². The number of thioether (sulfide) groups is 1. The van der Waals surface area contributed by atoms with Crippen LogP contribution in [0.3, 0.4) is 0 Å². The van der Waals surface area contributed by atoms with Crippen LogP contribution in [0.4, 0.5) is 0 Å². The number of thiocarbonyl (C=S) groups is 1. The van der Waals surface area contributed by atoms with Crippen LogP contribution in [-0.4, -0.2) is 25.3 Å². The number of benzene rings is 1. The van der Waals surface area contributed by atoms with Gasteiger partial charge in [0.05, 0.1) is 17.7 Å². The van der Waals surface area contributed by atoms with Crippen LogP contribution in [0.2, 0.25) is 0 Å². The standard InChI is InChI=1S/C15H11NO4S2/c17-10-4-3-9(12(18)7-10)6-13-14(19)16(15(21)22-13)8-11-2-1-5-20-11/h1-7,17-18H,8H2/b13-6-. The summed E-state index contributed by atoms with van der Waals surface area (Å²) in [5, 5.41) is 19.1. The number of furan rings is 1. The second-order valence-corrected chi connectivity index (χ2v) is 6.27. The first-order valence-corrected chi connectivity index (χ1v) is 7.57. The van der Waals surface area contributed by atoms with E-state index in [-0.39, 0.29) is 24.0 Å². The van der Waals surface area contributed by atoms with E-state index in [2.05, 4.69) is 0 Å². The van der Waals surface area contributed by atoms with Crippen molar-refractivity contribution in [3.05, 3.63) is 52.8 Å². The maximum Gasteiger partial charge on any atom is 0.266 e. The zero-order valence-corrected chi connectivity index (χ0v) is 12.9. The summed E-state index contributed by atoms with van der Waals surface area (Å²) >= 11 is 6.39. The Labute approximate surface area is 135 Å². The van der Waals surface area contributed by atoms with E-state index in [9.17, 15) is 15.0 Å². The summed E-state index contributed by atoms with van der Waals surface area (Å²) in [6, 6.07) is 7.71. The van der Waals surface area contributed by atoms with E-state index in [1.807, 2.05) is 0 Å². The smallest absolute Gasteiger partial charge is 0.266 e. The van der Waals surface area contributed by atoms with E-state index < -0.39 is 0 Å². The van der Waals surface area contributed by atoms with Crippen LogP contribution in [0.15, 0.2) is 45.9 Å². The third-order valence-corrected chi connectivity index (χ3v) is 4.45. The molecule has 2 N–H and O–H groups in total. The molecule has 1 saturated heterocycles. The van der Waals surface area contributed by atoms with Crippen molar-refractivity contribution in [2.24, 2.45) is 0 Å². The average molecular weight is 333 g/mol. The Hall–Kier alpha value is -2.25. The number of rotatable bonds is 3. The van der Waals surface area contributed by atoms with Crippen LogP contribution in [0, 0.1) is 0 Å². The van der Waals surface area contributed by atoms with Crippen molar-refractivity contribution in [3.63, 3.8) is 0 Å². The predicted octanol–water partition coefficient (Wildman–Crippen LogP) is 3.09. The fraction of sp³-hybridized carbons (Fsp3) is 0.0667. The van der Waals surface area contributed by atoms with Crippen molar-refractivity contribution in [1.29, 1.82) is 0 Å². The summed E-state index contributed by atoms with van der Waals surface area (Å²) in [5.41, 5.74) is 0.441. The quantitative estimate of drug-likeness (QED) is 0.664. The van der Waals surface area contributed by atoms with Gasteiger partial charge in [0.1, 0.15) is 21.6 Å². The molecule has 1 aliphatic rings. The van der Waals surface area contributed by atoms with Crippen molar-refractivity contribution >= 4 is 40.3 Å². The Morgan fingerprint density at radius 1 is 1.32 bits per heavy atom. The zero-order chi connectivity index (χ0) is 15.7. The molecular weight excluding hydrogens is 322 g/mol. The van der Waals surface area contributed by atoms with Crippen molar-refractivity contribution in [1.82, 2.24) is 4.90 Å². The number of nitrogens with zero attached hydrogens (tertiary/aromatic N) is 1. The largest absolute Gasteiger partial charge is 0.508 e. The number of hydrogen-bond donors (Lipinski definition) is 2. The van der Waals surface area contributed by atoms with Gasteiger partial charge in [-0.15, -0.1) is 0 Å². The molecule has 0 spiro atoms. The number of phenols is 2. The predicted molar refractivity (Wildman–Crippen MR) is 87.2 cm³/mol. The molecule has 0 atom stereocenters. The zero-order valence-electron chi connectivity index (χ0n) is 11.2. The number of carbonyl (C=O) groups excluding carboxylic acids is 1. The van der Waals surface area contributed by atoms with Crippen LogP contribution >= 0.6 is 24.0 Å². The fourth-order valence-corrected chi connectivity index (χ4v) is 3.24. The van der Waals surface area contributed by atoms with Gasteiger partial charge in [0, 0.05) is 11.6 Å². The summed E-state index contributed by atoms with van der Waals surface area (Å²) in [4.78, 5) is 14.3. The van der Waals surface area contributed by atoms with Gasteiger partial charge >= 0.3 is 0 Å². The molecule has 1 aliphatic heterocycles. The molecule has 22 heavy (non-hydrogen) atoms. The summed E-state index contributed by atoms with van der Waals surface area (Å²) in [5.74, 6) is 0.264. The van der Waals surface area contributed by atoms with E-state index in [0.717, 1.165) is 0 Å². The highest BCUT2D eigenvalue weighted by atomic mass is 32.2. The Morgan fingerprint density at radius 2 is 2.14 bits per heavy atom. The van der Waals surface area contributed by atoms with Crippen LogP contribution < -0.4 is 0 Å². The third kappa shape index (κ3) is 2.86. The number of hydrogen-bond acceptors (Lipinski definition) is 6. The van der Waals surface area contributed by atoms with Crippen molar-refractivity contribution in [2.75, 3.05) is 0 Å². The second kappa shape index (κ2) is 5.86. The molecule has 3 rings (SSSR count). The number of carbonyl (C=O) groups is 1. The van der Waals surface area contributed by atoms with Gasteiger partial charge in [-0.2, -0.15) is 0 Å². The molecule has 1 amide bonds. The number of phenolic OH excluding ortho intramolecular Hbond substituents is 2. The molecule has 0 bridgehead atoms. The van der Waals surface area contributed by atoms with Gasteiger partial charge in [-0.25, -0.2) is 0 Å². The topological polar surface area (TPSA) is 73.9 Å². The van der Waals surface area contributed by atoms with Crippen LogP contribution in [0.5, 0.6) is 11.5 Å². The highest BCUT2D eigenvalue weighted by Gasteiger charge is 2.32. The molecule has 1 fully saturated rings. The maximum absolute atomic E-state index is 12.4. The van der Waals surface area contributed by atoms with Crippen molar-refractivity contribution in [2.45, 2.75) is 6.54 Å². The lowest BCUT2D eigenvalue weighted by Gasteiger charge is -2.12. The minimum absolute atomic E-state index is 0.0416. The van der Waals surface area contributed by atoms with Gasteiger partial charge < -0.3 is 14.6 Å². The first kappa shape index (κ1) is 14.7. The molecule has 0 saturated carbocycles. The summed E-state index contributed by atoms with van der Waals surface area (Å²) in [7, 11) is 0. The molecule has 2 aromatic rings. The van der Waals surface area contributed by atoms with Gasteiger partial charge in [0.2, 0.25) is 0 Å². The molecule has 0 aliphatic carbocycles. The van der Waals surface area contributed by atoms with Gasteiger partial charge in [0.15, 0.2) is 0 Å². The lowest BCUT2D eigenvalue weighted by molar-refractivity contribution is -0.122. The minimum Gasteiger partial charge on any atom is -0.508 e. The summed E-state index contributed by atoms with van der Waals surface area (Å²) < 4.78 is 5.66. The molecule has 1 aromatic carbocycles. The third-order valence-electron chi connectivity index (χ3n) is 3.07. The van der Waals surface area contributed by atoms with E-state index in [1.165, 1.54) is 41.1 Å². The highest BCUT2D eigenvalue weighted by molar-refractivity contribution is 8.26. The van der Waals surface area contributed by atoms with Crippen molar-refractivity contribution in [3.8, 4) is 11.5 Å².